The van der Waals surface area contributed by atoms with Crippen molar-refractivity contribution in [2.45, 2.75) is 18.9 Å². The average Bonchev–Trinajstić information content (AvgIpc) is 2.68. The van der Waals surface area contributed by atoms with Crippen molar-refractivity contribution < 1.29 is 9.90 Å². The summed E-state index contributed by atoms with van der Waals surface area (Å²) < 4.78 is 0. The Hall–Kier alpha value is -1.55. The van der Waals surface area contributed by atoms with Crippen molar-refractivity contribution in [3.05, 3.63) is 29.3 Å². The van der Waals surface area contributed by atoms with Gasteiger partial charge in [0.1, 0.15) is 5.75 Å². The van der Waals surface area contributed by atoms with E-state index in [9.17, 15) is 9.90 Å². The summed E-state index contributed by atoms with van der Waals surface area (Å²) >= 11 is 0. The van der Waals surface area contributed by atoms with Gasteiger partial charge in [-0.3, -0.25) is 4.79 Å². The number of fused-ring (bicyclic) bond motifs is 1. The second-order valence-corrected chi connectivity index (χ2v) is 4.03. The minimum Gasteiger partial charge on any atom is -0.508 e. The molecule has 0 radical (unpaired) electrons. The molecule has 0 spiro atoms. The number of likely N-dealkylation sites (N-methyl/N-ethyl adjacent to an activating group) is 1. The third kappa shape index (κ3) is 2.17. The van der Waals surface area contributed by atoms with Crippen LogP contribution in [-0.2, 0) is 11.2 Å². The third-order valence-corrected chi connectivity index (χ3v) is 2.99. The summed E-state index contributed by atoms with van der Waals surface area (Å²) in [5.41, 5.74) is 2.37. The summed E-state index contributed by atoms with van der Waals surface area (Å²) in [5, 5.41) is 15.1. The number of carbonyl (C=O) groups is 1. The molecule has 1 aromatic carbocycles. The Labute approximate surface area is 94.7 Å². The van der Waals surface area contributed by atoms with E-state index >= 15 is 0 Å². The van der Waals surface area contributed by atoms with Crippen LogP contribution in [0, 0.1) is 0 Å². The molecule has 0 saturated carbocycles. The van der Waals surface area contributed by atoms with Gasteiger partial charge in [0.2, 0.25) is 5.91 Å². The van der Waals surface area contributed by atoms with E-state index in [2.05, 4.69) is 10.6 Å². The molecule has 1 amide bonds. The van der Waals surface area contributed by atoms with Gasteiger partial charge in [-0.05, 0) is 36.1 Å². The van der Waals surface area contributed by atoms with Crippen LogP contribution < -0.4 is 10.6 Å². The van der Waals surface area contributed by atoms with Crippen LogP contribution in [0.5, 0.6) is 5.75 Å². The summed E-state index contributed by atoms with van der Waals surface area (Å²) in [7, 11) is 1.63. The molecule has 0 heterocycles. The largest absolute Gasteiger partial charge is 0.508 e. The molecule has 16 heavy (non-hydrogen) atoms. The molecular formula is C12H16N2O2. The van der Waals surface area contributed by atoms with Crippen LogP contribution in [-0.4, -0.2) is 24.6 Å². The Morgan fingerprint density at radius 2 is 2.38 bits per heavy atom. The molecule has 86 valence electrons. The highest BCUT2D eigenvalue weighted by atomic mass is 16.3. The molecule has 4 heteroatoms. The van der Waals surface area contributed by atoms with Crippen LogP contribution in [0.4, 0.5) is 0 Å². The second-order valence-electron chi connectivity index (χ2n) is 4.03. The van der Waals surface area contributed by atoms with Crippen LogP contribution in [0.3, 0.4) is 0 Å². The molecule has 1 unspecified atom stereocenters. The number of hydrogen-bond donors (Lipinski definition) is 3. The van der Waals surface area contributed by atoms with E-state index < -0.39 is 0 Å². The fourth-order valence-corrected chi connectivity index (χ4v) is 2.12. The number of aryl methyl sites for hydroxylation is 1. The number of benzene rings is 1. The summed E-state index contributed by atoms with van der Waals surface area (Å²) in [6.45, 7) is 0.335. The van der Waals surface area contributed by atoms with Gasteiger partial charge >= 0.3 is 0 Å². The number of amides is 1. The van der Waals surface area contributed by atoms with Crippen molar-refractivity contribution in [1.29, 1.82) is 0 Å². The quantitative estimate of drug-likeness (QED) is 0.703. The molecule has 0 fully saturated rings. The van der Waals surface area contributed by atoms with Crippen molar-refractivity contribution in [1.82, 2.24) is 10.6 Å². The van der Waals surface area contributed by atoms with Gasteiger partial charge in [0.25, 0.3) is 0 Å². The van der Waals surface area contributed by atoms with E-state index in [0.29, 0.717) is 12.3 Å². The molecule has 4 nitrogen and oxygen atoms in total. The number of aromatic hydroxyl groups is 1. The Bertz CT molecular complexity index is 404. The standard InChI is InChI=1S/C12H16N2O2/c1-13-12(16)7-14-11-5-2-8-6-9(15)3-4-10(8)11/h3-4,6,11,14-15H,2,5,7H2,1H3,(H,13,16). The SMILES string of the molecule is CNC(=O)CNC1CCc2cc(O)ccc21. The number of nitrogens with one attached hydrogen (secondary N) is 2. The molecule has 1 aromatic rings. The highest BCUT2D eigenvalue weighted by molar-refractivity contribution is 5.77. The van der Waals surface area contributed by atoms with Gasteiger partial charge in [0.05, 0.1) is 6.54 Å². The second kappa shape index (κ2) is 4.53. The summed E-state index contributed by atoms with van der Waals surface area (Å²) in [5.74, 6) is 0.304. The molecule has 1 atom stereocenters. The van der Waals surface area contributed by atoms with E-state index in [1.807, 2.05) is 6.07 Å². The lowest BCUT2D eigenvalue weighted by atomic mass is 10.1. The number of phenolic OH excluding ortho intramolecular Hbond substituents is 1. The lowest BCUT2D eigenvalue weighted by Gasteiger charge is -2.13. The number of carbonyl (C=O) groups excluding carboxylic acids is 1. The zero-order valence-electron chi connectivity index (χ0n) is 9.29. The summed E-state index contributed by atoms with van der Waals surface area (Å²) in [6.07, 6.45) is 1.94. The molecule has 1 aliphatic rings. The van der Waals surface area contributed by atoms with Gasteiger partial charge in [0.15, 0.2) is 0 Å². The Balaban J connectivity index is 2.03. The molecule has 3 N–H and O–H groups in total. The predicted octanol–water partition coefficient (Wildman–Crippen LogP) is 0.715. The van der Waals surface area contributed by atoms with Gasteiger partial charge < -0.3 is 15.7 Å². The molecule has 0 aromatic heterocycles. The first-order valence-electron chi connectivity index (χ1n) is 5.46. The van der Waals surface area contributed by atoms with Crippen LogP contribution >= 0.6 is 0 Å². The molecular weight excluding hydrogens is 204 g/mol. The average molecular weight is 220 g/mol. The highest BCUT2D eigenvalue weighted by Gasteiger charge is 2.22. The fourth-order valence-electron chi connectivity index (χ4n) is 2.12. The van der Waals surface area contributed by atoms with Crippen molar-refractivity contribution >= 4 is 5.91 Å². The number of rotatable bonds is 3. The van der Waals surface area contributed by atoms with Crippen molar-refractivity contribution in [2.24, 2.45) is 0 Å². The zero-order valence-corrected chi connectivity index (χ0v) is 9.29. The maximum Gasteiger partial charge on any atom is 0.233 e. The molecule has 0 aliphatic heterocycles. The van der Waals surface area contributed by atoms with Crippen LogP contribution in [0.25, 0.3) is 0 Å². The highest BCUT2D eigenvalue weighted by Crippen LogP contribution is 2.32. The van der Waals surface area contributed by atoms with Crippen LogP contribution in [0.1, 0.15) is 23.6 Å². The monoisotopic (exact) mass is 220 g/mol. The molecule has 0 bridgehead atoms. The zero-order chi connectivity index (χ0) is 11.5. The number of hydrogen-bond acceptors (Lipinski definition) is 3. The van der Waals surface area contributed by atoms with E-state index in [1.165, 1.54) is 11.1 Å². The van der Waals surface area contributed by atoms with Crippen molar-refractivity contribution in [2.75, 3.05) is 13.6 Å². The predicted molar refractivity (Wildman–Crippen MR) is 61.2 cm³/mol. The van der Waals surface area contributed by atoms with Crippen molar-refractivity contribution in [3.8, 4) is 5.75 Å². The van der Waals surface area contributed by atoms with Crippen LogP contribution in [0.15, 0.2) is 18.2 Å². The molecule has 2 rings (SSSR count). The fraction of sp³-hybridized carbons (Fsp3) is 0.417. The number of phenols is 1. The van der Waals surface area contributed by atoms with Gasteiger partial charge in [0, 0.05) is 13.1 Å². The maximum atomic E-state index is 11.1. The lowest BCUT2D eigenvalue weighted by molar-refractivity contribution is -0.119. The Morgan fingerprint density at radius 3 is 3.12 bits per heavy atom. The first-order valence-corrected chi connectivity index (χ1v) is 5.46. The molecule has 1 aliphatic carbocycles. The van der Waals surface area contributed by atoms with Gasteiger partial charge in [-0.25, -0.2) is 0 Å². The first-order chi connectivity index (χ1) is 7.70. The van der Waals surface area contributed by atoms with Gasteiger partial charge in [-0.15, -0.1) is 0 Å². The summed E-state index contributed by atoms with van der Waals surface area (Å²) in [4.78, 5) is 11.1. The summed E-state index contributed by atoms with van der Waals surface area (Å²) in [6, 6.07) is 5.65. The van der Waals surface area contributed by atoms with Gasteiger partial charge in [-0.2, -0.15) is 0 Å². The lowest BCUT2D eigenvalue weighted by Crippen LogP contribution is -2.33. The minimum absolute atomic E-state index is 0.00720. The Kier molecular flexibility index (Phi) is 3.10. The van der Waals surface area contributed by atoms with E-state index in [4.69, 9.17) is 0 Å². The normalized spacial score (nSPS) is 18.2. The topological polar surface area (TPSA) is 61.4 Å². The first kappa shape index (κ1) is 11.0. The Morgan fingerprint density at radius 1 is 1.56 bits per heavy atom. The van der Waals surface area contributed by atoms with Crippen LogP contribution in [0.2, 0.25) is 0 Å². The van der Waals surface area contributed by atoms with E-state index in [1.54, 1.807) is 19.2 Å². The minimum atomic E-state index is -0.00720. The van der Waals surface area contributed by atoms with E-state index in [0.717, 1.165) is 12.8 Å². The molecule has 0 saturated heterocycles. The van der Waals surface area contributed by atoms with Crippen molar-refractivity contribution in [3.63, 3.8) is 0 Å². The van der Waals surface area contributed by atoms with E-state index in [-0.39, 0.29) is 11.9 Å². The smallest absolute Gasteiger partial charge is 0.233 e. The van der Waals surface area contributed by atoms with Gasteiger partial charge in [-0.1, -0.05) is 6.07 Å². The third-order valence-electron chi connectivity index (χ3n) is 2.99. The maximum absolute atomic E-state index is 11.1.